The number of carbonyl (C=O) groups excluding carboxylic acids is 2. The third kappa shape index (κ3) is 4.79. The number of nitrogens with zero attached hydrogens (tertiary/aromatic N) is 3. The molecule has 8 heteroatoms. The molecule has 1 aliphatic rings. The highest BCUT2D eigenvalue weighted by molar-refractivity contribution is 7.13. The first-order valence-electron chi connectivity index (χ1n) is 8.39. The molecule has 1 N–H and O–H groups in total. The second-order valence-electron chi connectivity index (χ2n) is 6.01. The molecule has 0 saturated carbocycles. The van der Waals surface area contributed by atoms with Crippen LogP contribution in [0.1, 0.15) is 28.9 Å². The maximum absolute atomic E-state index is 12.3. The van der Waals surface area contributed by atoms with E-state index in [4.69, 9.17) is 0 Å². The van der Waals surface area contributed by atoms with E-state index in [2.05, 4.69) is 20.6 Å². The summed E-state index contributed by atoms with van der Waals surface area (Å²) in [6, 6.07) is 1.80. The van der Waals surface area contributed by atoms with Crippen LogP contribution in [0.2, 0.25) is 0 Å². The molecule has 0 aliphatic carbocycles. The Morgan fingerprint density at radius 3 is 2.68 bits per heavy atom. The van der Waals surface area contributed by atoms with Crippen LogP contribution < -0.4 is 10.2 Å². The van der Waals surface area contributed by atoms with Crippen molar-refractivity contribution in [3.05, 3.63) is 33.5 Å². The number of carbonyl (C=O) groups is 2. The number of thiophene rings is 1. The minimum Gasteiger partial charge on any atom is -0.352 e. The zero-order chi connectivity index (χ0) is 17.6. The van der Waals surface area contributed by atoms with Gasteiger partial charge in [-0.05, 0) is 24.8 Å². The lowest BCUT2D eigenvalue weighted by atomic mass is 10.2. The number of aryl methyl sites for hydroxylation is 1. The van der Waals surface area contributed by atoms with Crippen molar-refractivity contribution < 1.29 is 9.59 Å². The van der Waals surface area contributed by atoms with Crippen molar-refractivity contribution in [2.45, 2.75) is 19.8 Å². The van der Waals surface area contributed by atoms with Gasteiger partial charge >= 0.3 is 0 Å². The number of rotatable bonds is 6. The van der Waals surface area contributed by atoms with Gasteiger partial charge in [-0.25, -0.2) is 4.98 Å². The molecule has 0 spiro atoms. The Morgan fingerprint density at radius 2 is 2.04 bits per heavy atom. The number of anilines is 1. The molecular weight excluding hydrogens is 356 g/mol. The van der Waals surface area contributed by atoms with Crippen LogP contribution in [-0.4, -0.2) is 54.4 Å². The fourth-order valence-electron chi connectivity index (χ4n) is 2.73. The number of hydrogen-bond donors (Lipinski definition) is 1. The van der Waals surface area contributed by atoms with Gasteiger partial charge < -0.3 is 15.1 Å². The molecule has 2 aromatic rings. The molecule has 1 saturated heterocycles. The molecule has 6 nitrogen and oxygen atoms in total. The molecule has 134 valence electrons. The van der Waals surface area contributed by atoms with Crippen molar-refractivity contribution in [1.29, 1.82) is 0 Å². The highest BCUT2D eigenvalue weighted by atomic mass is 32.1. The van der Waals surface area contributed by atoms with Gasteiger partial charge in [0.05, 0.1) is 5.69 Å². The van der Waals surface area contributed by atoms with Crippen LogP contribution >= 0.6 is 22.7 Å². The SMILES string of the molecule is Cc1csc(N2CCN(C(=O)CCCNC(=O)c3ccsc3)CC2)n1. The monoisotopic (exact) mass is 378 g/mol. The van der Waals surface area contributed by atoms with Gasteiger partial charge in [-0.1, -0.05) is 0 Å². The third-order valence-electron chi connectivity index (χ3n) is 4.15. The Morgan fingerprint density at radius 1 is 1.24 bits per heavy atom. The van der Waals surface area contributed by atoms with E-state index in [-0.39, 0.29) is 11.8 Å². The average molecular weight is 379 g/mol. The predicted molar refractivity (Wildman–Crippen MR) is 102 cm³/mol. The van der Waals surface area contributed by atoms with Crippen molar-refractivity contribution in [1.82, 2.24) is 15.2 Å². The number of thiazole rings is 1. The van der Waals surface area contributed by atoms with E-state index >= 15 is 0 Å². The molecule has 1 fully saturated rings. The van der Waals surface area contributed by atoms with E-state index in [1.54, 1.807) is 17.4 Å². The van der Waals surface area contributed by atoms with Crippen LogP contribution in [0.4, 0.5) is 5.13 Å². The number of amides is 2. The summed E-state index contributed by atoms with van der Waals surface area (Å²) in [4.78, 5) is 32.8. The molecule has 0 atom stereocenters. The summed E-state index contributed by atoms with van der Waals surface area (Å²) in [5.74, 6) is 0.0980. The van der Waals surface area contributed by atoms with Crippen molar-refractivity contribution >= 4 is 39.6 Å². The molecule has 2 amide bonds. The Hall–Kier alpha value is -1.93. The molecule has 1 aliphatic heterocycles. The topological polar surface area (TPSA) is 65.5 Å². The summed E-state index contributed by atoms with van der Waals surface area (Å²) in [5, 5.41) is 9.65. The lowest BCUT2D eigenvalue weighted by Crippen LogP contribution is -2.48. The van der Waals surface area contributed by atoms with Crippen LogP contribution in [0.25, 0.3) is 0 Å². The van der Waals surface area contributed by atoms with E-state index in [9.17, 15) is 9.59 Å². The van der Waals surface area contributed by atoms with Crippen LogP contribution in [0, 0.1) is 6.92 Å². The van der Waals surface area contributed by atoms with Crippen molar-refractivity contribution in [2.75, 3.05) is 37.6 Å². The average Bonchev–Trinajstić information content (AvgIpc) is 3.30. The highest BCUT2D eigenvalue weighted by Gasteiger charge is 2.22. The summed E-state index contributed by atoms with van der Waals surface area (Å²) in [6.07, 6.45) is 1.14. The quantitative estimate of drug-likeness (QED) is 0.784. The Balaban J connectivity index is 1.34. The maximum atomic E-state index is 12.3. The van der Waals surface area contributed by atoms with Crippen molar-refractivity contribution in [2.24, 2.45) is 0 Å². The number of piperazine rings is 1. The second-order valence-corrected chi connectivity index (χ2v) is 7.63. The Bertz CT molecular complexity index is 706. The molecule has 0 radical (unpaired) electrons. The van der Waals surface area contributed by atoms with Crippen LogP contribution in [-0.2, 0) is 4.79 Å². The predicted octanol–water partition coefficient (Wildman–Crippen LogP) is 2.37. The van der Waals surface area contributed by atoms with Crippen LogP contribution in [0.3, 0.4) is 0 Å². The largest absolute Gasteiger partial charge is 0.352 e. The number of nitrogens with one attached hydrogen (secondary N) is 1. The molecule has 0 aromatic carbocycles. The lowest BCUT2D eigenvalue weighted by molar-refractivity contribution is -0.131. The second kappa shape index (κ2) is 8.44. The van der Waals surface area contributed by atoms with Gasteiger partial charge in [0, 0.05) is 55.5 Å². The maximum Gasteiger partial charge on any atom is 0.252 e. The minimum atomic E-state index is -0.0685. The van der Waals surface area contributed by atoms with Gasteiger partial charge in [0.25, 0.3) is 5.91 Å². The van der Waals surface area contributed by atoms with Crippen molar-refractivity contribution in [3.63, 3.8) is 0 Å². The summed E-state index contributed by atoms with van der Waals surface area (Å²) in [7, 11) is 0. The van der Waals surface area contributed by atoms with Gasteiger partial charge in [-0.3, -0.25) is 9.59 Å². The highest BCUT2D eigenvalue weighted by Crippen LogP contribution is 2.21. The van der Waals surface area contributed by atoms with Gasteiger partial charge in [0.2, 0.25) is 5.91 Å². The first-order chi connectivity index (χ1) is 12.1. The number of aromatic nitrogens is 1. The van der Waals surface area contributed by atoms with E-state index in [1.807, 2.05) is 22.6 Å². The molecule has 3 rings (SSSR count). The first kappa shape index (κ1) is 17.9. The van der Waals surface area contributed by atoms with Crippen LogP contribution in [0.15, 0.2) is 22.2 Å². The van der Waals surface area contributed by atoms with Gasteiger partial charge in [-0.2, -0.15) is 11.3 Å². The zero-order valence-electron chi connectivity index (χ0n) is 14.2. The summed E-state index contributed by atoms with van der Waals surface area (Å²) in [6.45, 7) is 5.65. The van der Waals surface area contributed by atoms with Crippen molar-refractivity contribution in [3.8, 4) is 0 Å². The van der Waals surface area contributed by atoms with Crippen LogP contribution in [0.5, 0.6) is 0 Å². The fraction of sp³-hybridized carbons (Fsp3) is 0.471. The molecular formula is C17H22N4O2S2. The fourth-order valence-corrected chi connectivity index (χ4v) is 4.22. The Labute approximate surface area is 155 Å². The smallest absolute Gasteiger partial charge is 0.252 e. The van der Waals surface area contributed by atoms with E-state index < -0.39 is 0 Å². The van der Waals surface area contributed by atoms with E-state index in [0.29, 0.717) is 24.9 Å². The summed E-state index contributed by atoms with van der Waals surface area (Å²) >= 11 is 3.16. The van der Waals surface area contributed by atoms with Gasteiger partial charge in [-0.15, -0.1) is 11.3 Å². The summed E-state index contributed by atoms with van der Waals surface area (Å²) in [5.41, 5.74) is 1.73. The molecule has 0 bridgehead atoms. The van der Waals surface area contributed by atoms with Gasteiger partial charge in [0.15, 0.2) is 5.13 Å². The summed E-state index contributed by atoms with van der Waals surface area (Å²) < 4.78 is 0. The zero-order valence-corrected chi connectivity index (χ0v) is 15.9. The molecule has 0 unspecified atom stereocenters. The minimum absolute atomic E-state index is 0.0685. The first-order valence-corrected chi connectivity index (χ1v) is 10.2. The molecule has 3 heterocycles. The van der Waals surface area contributed by atoms with E-state index in [0.717, 1.165) is 37.0 Å². The van der Waals surface area contributed by atoms with E-state index in [1.165, 1.54) is 11.3 Å². The molecule has 2 aromatic heterocycles. The Kier molecular flexibility index (Phi) is 6.04. The lowest BCUT2D eigenvalue weighted by Gasteiger charge is -2.34. The third-order valence-corrected chi connectivity index (χ3v) is 5.85. The molecule has 25 heavy (non-hydrogen) atoms. The van der Waals surface area contributed by atoms with Gasteiger partial charge in [0.1, 0.15) is 0 Å². The standard InChI is InChI=1S/C17H22N4O2S2/c1-13-11-25-17(19-13)21-8-6-20(7-9-21)15(22)3-2-5-18-16(23)14-4-10-24-12-14/h4,10-12H,2-3,5-9H2,1H3,(H,18,23). The number of hydrogen-bond acceptors (Lipinski definition) is 6. The normalized spacial score (nSPS) is 14.6.